The lowest BCUT2D eigenvalue weighted by molar-refractivity contribution is -0.131. The van der Waals surface area contributed by atoms with Crippen LogP contribution in [0.4, 0.5) is 10.6 Å². The van der Waals surface area contributed by atoms with Crippen molar-refractivity contribution < 1.29 is 28.7 Å². The summed E-state index contributed by atoms with van der Waals surface area (Å²) < 4.78 is 12.8. The predicted octanol–water partition coefficient (Wildman–Crippen LogP) is 4.66. The Balaban J connectivity index is 1.53. The van der Waals surface area contributed by atoms with E-state index in [1.165, 1.54) is 25.1 Å². The fraction of sp³-hybridized carbons (Fsp3) is 0.361. The van der Waals surface area contributed by atoms with Crippen molar-refractivity contribution in [3.05, 3.63) is 96.4 Å². The normalized spacial score (nSPS) is 12.9. The minimum absolute atomic E-state index is 0.172. The van der Waals surface area contributed by atoms with E-state index in [2.05, 4.69) is 20.9 Å². The van der Waals surface area contributed by atoms with Crippen molar-refractivity contribution in [2.24, 2.45) is 0 Å². The summed E-state index contributed by atoms with van der Waals surface area (Å²) in [6.07, 6.45) is 2.27. The molecule has 0 saturated carbocycles. The maximum Gasteiger partial charge on any atom is 0.408 e. The molecule has 0 spiro atoms. The zero-order valence-electron chi connectivity index (χ0n) is 28.4. The molecule has 3 N–H and O–H groups in total. The van der Waals surface area contributed by atoms with E-state index in [9.17, 15) is 19.2 Å². The van der Waals surface area contributed by atoms with E-state index in [1.54, 1.807) is 45.6 Å². The van der Waals surface area contributed by atoms with Crippen LogP contribution in [0.5, 0.6) is 0 Å². The highest BCUT2D eigenvalue weighted by Crippen LogP contribution is 2.26. The van der Waals surface area contributed by atoms with Gasteiger partial charge in [0.25, 0.3) is 5.91 Å². The van der Waals surface area contributed by atoms with E-state index < -0.39 is 41.1 Å². The number of likely N-dealkylation sites (N-methyl/N-ethyl adjacent to an activating group) is 1. The second-order valence-electron chi connectivity index (χ2n) is 13.2. The number of imidazole rings is 1. The molecule has 1 heterocycles. The summed E-state index contributed by atoms with van der Waals surface area (Å²) in [5.41, 5.74) is -0.555. The highest BCUT2D eigenvalue weighted by Gasteiger charge is 2.35. The molecule has 0 aliphatic carbocycles. The van der Waals surface area contributed by atoms with E-state index in [0.717, 1.165) is 21.9 Å². The van der Waals surface area contributed by atoms with Gasteiger partial charge in [0.1, 0.15) is 23.2 Å². The molecule has 0 aliphatic rings. The van der Waals surface area contributed by atoms with Gasteiger partial charge in [-0.05, 0) is 62.6 Å². The summed E-state index contributed by atoms with van der Waals surface area (Å²) in [5, 5.41) is 10.0. The molecule has 0 aliphatic heterocycles. The maximum atomic E-state index is 13.6. The molecule has 12 nitrogen and oxygen atoms in total. The second-order valence-corrected chi connectivity index (χ2v) is 13.2. The number of nitrogens with one attached hydrogen (secondary N) is 3. The number of benzene rings is 3. The minimum Gasteiger partial charge on any atom is -0.444 e. The fourth-order valence-electron chi connectivity index (χ4n) is 4.83. The standard InChI is InChI=1S/C36H44N6O6/c1-35(2,3)48-34(46)40-36(4,5)33(45)38-28(22-47-21-24-13-9-8-10-14-24)31(43)39-29-20-42(23-37-29)30(32(44)41(6)7)27-18-17-25-15-11-12-16-26(25)19-27/h8-20,23,28,30H,21-22H2,1-7H3,(H,38,45)(H,39,43)(H,40,46)/t28-,30?/m1/s1. The Hall–Kier alpha value is -5.23. The van der Waals surface area contributed by atoms with Crippen LogP contribution in [-0.2, 0) is 30.5 Å². The topological polar surface area (TPSA) is 144 Å². The van der Waals surface area contributed by atoms with Crippen LogP contribution in [0, 0.1) is 0 Å². The van der Waals surface area contributed by atoms with Crippen LogP contribution in [-0.4, -0.2) is 76.1 Å². The summed E-state index contributed by atoms with van der Waals surface area (Å²) in [6, 6.07) is 21.2. The number of aromatic nitrogens is 2. The van der Waals surface area contributed by atoms with E-state index in [-0.39, 0.29) is 24.9 Å². The summed E-state index contributed by atoms with van der Waals surface area (Å²) in [4.78, 5) is 58.7. The second kappa shape index (κ2) is 15.1. The molecule has 48 heavy (non-hydrogen) atoms. The maximum absolute atomic E-state index is 13.6. The van der Waals surface area contributed by atoms with E-state index in [4.69, 9.17) is 9.47 Å². The smallest absolute Gasteiger partial charge is 0.408 e. The van der Waals surface area contributed by atoms with Crippen LogP contribution >= 0.6 is 0 Å². The number of hydrogen-bond acceptors (Lipinski definition) is 7. The van der Waals surface area contributed by atoms with Gasteiger partial charge in [0.2, 0.25) is 11.8 Å². The lowest BCUT2D eigenvalue weighted by Gasteiger charge is -2.29. The van der Waals surface area contributed by atoms with Crippen molar-refractivity contribution in [2.45, 2.75) is 64.4 Å². The number of amides is 4. The first-order chi connectivity index (χ1) is 22.6. The minimum atomic E-state index is -1.43. The molecule has 0 bridgehead atoms. The molecule has 0 fully saturated rings. The molecule has 1 aromatic heterocycles. The summed E-state index contributed by atoms with van der Waals surface area (Å²) in [5.74, 6) is -1.24. The van der Waals surface area contributed by atoms with Crippen LogP contribution < -0.4 is 16.0 Å². The molecular formula is C36H44N6O6. The van der Waals surface area contributed by atoms with Crippen molar-refractivity contribution in [1.82, 2.24) is 25.1 Å². The fourth-order valence-corrected chi connectivity index (χ4v) is 4.83. The summed E-state index contributed by atoms with van der Waals surface area (Å²) in [7, 11) is 3.36. The zero-order chi connectivity index (χ0) is 35.1. The Bertz CT molecular complexity index is 1740. The van der Waals surface area contributed by atoms with E-state index in [1.807, 2.05) is 72.8 Å². The average molecular weight is 657 g/mol. The van der Waals surface area contributed by atoms with E-state index >= 15 is 0 Å². The summed E-state index contributed by atoms with van der Waals surface area (Å²) in [6.45, 7) is 8.18. The molecule has 0 saturated heterocycles. The number of ether oxygens (including phenoxy) is 2. The van der Waals surface area contributed by atoms with Crippen molar-refractivity contribution in [2.75, 3.05) is 26.0 Å². The number of alkyl carbamates (subject to hydrolysis) is 1. The third kappa shape index (κ3) is 9.64. The van der Waals surface area contributed by atoms with Crippen LogP contribution in [0.3, 0.4) is 0 Å². The molecule has 1 unspecified atom stereocenters. The van der Waals surface area contributed by atoms with Gasteiger partial charge in [-0.25, -0.2) is 9.78 Å². The Kier molecular flexibility index (Phi) is 11.2. The first-order valence-corrected chi connectivity index (χ1v) is 15.6. The Labute approximate surface area is 280 Å². The van der Waals surface area contributed by atoms with Crippen LogP contribution in [0.15, 0.2) is 85.3 Å². The molecule has 0 radical (unpaired) electrons. The number of rotatable bonds is 12. The number of nitrogens with zero attached hydrogens (tertiary/aromatic N) is 3. The van der Waals surface area contributed by atoms with Gasteiger partial charge in [-0.1, -0.05) is 66.7 Å². The Morgan fingerprint density at radius 1 is 0.896 bits per heavy atom. The van der Waals surface area contributed by atoms with Gasteiger partial charge in [-0.15, -0.1) is 0 Å². The number of anilines is 1. The van der Waals surface area contributed by atoms with Crippen LogP contribution in [0.2, 0.25) is 0 Å². The Morgan fingerprint density at radius 2 is 1.56 bits per heavy atom. The first kappa shape index (κ1) is 35.6. The van der Waals surface area contributed by atoms with Crippen molar-refractivity contribution >= 4 is 40.4 Å². The molecule has 3 aromatic carbocycles. The molecule has 4 rings (SSSR count). The van der Waals surface area contributed by atoms with Gasteiger partial charge in [0, 0.05) is 20.3 Å². The first-order valence-electron chi connectivity index (χ1n) is 15.6. The average Bonchev–Trinajstić information content (AvgIpc) is 3.47. The predicted molar refractivity (Wildman–Crippen MR) is 183 cm³/mol. The number of carbonyl (C=O) groups is 4. The highest BCUT2D eigenvalue weighted by molar-refractivity contribution is 5.98. The molecule has 254 valence electrons. The van der Waals surface area contributed by atoms with Crippen molar-refractivity contribution in [3.63, 3.8) is 0 Å². The number of fused-ring (bicyclic) bond motifs is 1. The van der Waals surface area contributed by atoms with Gasteiger partial charge in [-0.2, -0.15) is 0 Å². The van der Waals surface area contributed by atoms with Gasteiger partial charge in [-0.3, -0.25) is 14.4 Å². The molecule has 12 heteroatoms. The lowest BCUT2D eigenvalue weighted by Crippen LogP contribution is -2.59. The monoisotopic (exact) mass is 656 g/mol. The SMILES string of the molecule is CN(C)C(=O)C(c1ccc2ccccc2c1)n1cnc(NC(=O)[C@@H](COCc2ccccc2)NC(=O)C(C)(C)NC(=O)OC(C)(C)C)c1. The molecular weight excluding hydrogens is 612 g/mol. The van der Waals surface area contributed by atoms with Gasteiger partial charge >= 0.3 is 6.09 Å². The molecule has 4 amide bonds. The zero-order valence-corrected chi connectivity index (χ0v) is 28.4. The largest absolute Gasteiger partial charge is 0.444 e. The highest BCUT2D eigenvalue weighted by atomic mass is 16.6. The van der Waals surface area contributed by atoms with Crippen molar-refractivity contribution in [3.8, 4) is 0 Å². The van der Waals surface area contributed by atoms with Gasteiger partial charge in [0.15, 0.2) is 5.82 Å². The molecule has 2 atom stereocenters. The summed E-state index contributed by atoms with van der Waals surface area (Å²) >= 11 is 0. The van der Waals surface area contributed by atoms with Gasteiger partial charge < -0.3 is 34.9 Å². The lowest BCUT2D eigenvalue weighted by atomic mass is 10.0. The molecule has 4 aromatic rings. The van der Waals surface area contributed by atoms with E-state index in [0.29, 0.717) is 0 Å². The van der Waals surface area contributed by atoms with Crippen molar-refractivity contribution in [1.29, 1.82) is 0 Å². The van der Waals surface area contributed by atoms with Crippen LogP contribution in [0.25, 0.3) is 10.8 Å². The third-order valence-electron chi connectivity index (χ3n) is 7.31. The van der Waals surface area contributed by atoms with Crippen LogP contribution in [0.1, 0.15) is 51.8 Å². The third-order valence-corrected chi connectivity index (χ3v) is 7.31. The Morgan fingerprint density at radius 3 is 2.23 bits per heavy atom. The number of hydrogen-bond donors (Lipinski definition) is 3. The quantitative estimate of drug-likeness (QED) is 0.201. The number of carbonyl (C=O) groups excluding carboxylic acids is 4. The van der Waals surface area contributed by atoms with Gasteiger partial charge in [0.05, 0.1) is 19.5 Å².